The summed E-state index contributed by atoms with van der Waals surface area (Å²) in [6.45, 7) is 2.89. The van der Waals surface area contributed by atoms with Gasteiger partial charge in [-0.3, -0.25) is 47.9 Å². The molecule has 25 heteroatoms. The monoisotopic (exact) mass is 1020 g/mol. The zero-order chi connectivity index (χ0) is 54.2. The first-order chi connectivity index (χ1) is 34.6. The molecule has 0 aliphatic carbocycles. The van der Waals surface area contributed by atoms with Crippen LogP contribution in [-0.2, 0) is 65.6 Å². The van der Waals surface area contributed by atoms with Gasteiger partial charge in [-0.1, -0.05) is 68.8 Å². The van der Waals surface area contributed by atoms with Gasteiger partial charge in [-0.2, -0.15) is 0 Å². The number of nitrogens with two attached hydrogens (primary N) is 2. The van der Waals surface area contributed by atoms with Gasteiger partial charge >= 0.3 is 23.9 Å². The number of aliphatic carboxylic acids is 4. The molecule has 0 radical (unpaired) electrons. The summed E-state index contributed by atoms with van der Waals surface area (Å²) in [6.07, 6.45) is -0.788. The molecule has 1 aromatic heterocycles. The maximum absolute atomic E-state index is 14.5. The van der Waals surface area contributed by atoms with Crippen LogP contribution in [0.3, 0.4) is 0 Å². The van der Waals surface area contributed by atoms with Gasteiger partial charge in [0.2, 0.25) is 41.4 Å². The topological polar surface area (TPSA) is 421 Å². The SMILES string of the molecule is CC[C@H](C)[C@H](N)C(=O)N[C@@H](CC(=O)O)C(=O)N[C@@H](Cc1c[nH]c2ccccc12)C(=O)N[C@@H](Cc1ccccc1)C(=O)N[C@@H](CCC(=O)O)C(=O)NCC(=O)N[C@@H](CCCCN)C(=O)N[C@@H](CCC(=O)O)C(=O)O. The summed E-state index contributed by atoms with van der Waals surface area (Å²) in [7, 11) is 0. The number of carbonyl (C=O) groups excluding carboxylic acids is 7. The van der Waals surface area contributed by atoms with Crippen molar-refractivity contribution >= 4 is 76.1 Å². The predicted octanol–water partition coefficient (Wildman–Crippen LogP) is -1.23. The zero-order valence-electron chi connectivity index (χ0n) is 40.5. The number of carbonyl (C=O) groups is 11. The number of aromatic nitrogens is 1. The van der Waals surface area contributed by atoms with E-state index in [1.54, 1.807) is 74.6 Å². The van der Waals surface area contributed by atoms with Crippen molar-refractivity contribution in [3.63, 3.8) is 0 Å². The maximum Gasteiger partial charge on any atom is 0.326 e. The largest absolute Gasteiger partial charge is 0.481 e. The predicted molar refractivity (Wildman–Crippen MR) is 261 cm³/mol. The number of benzene rings is 2. The number of rotatable bonds is 33. The third-order valence-electron chi connectivity index (χ3n) is 11.8. The Bertz CT molecular complexity index is 2420. The molecule has 7 amide bonds. The maximum atomic E-state index is 14.5. The standard InChI is InChI=1S/C48H66N10O15/c1-3-26(2)41(50)47(71)58-36(23-40(64)65)46(70)57-35(22-28-24-51-30-14-8-7-13-29(28)30)45(69)56-34(21-27-11-5-4-6-12-27)44(68)54-32(16-18-38(60)61)42(66)52-25-37(59)53-31(15-9-10-20-49)43(67)55-33(48(72)73)17-19-39(62)63/h4-8,11-14,24,26,31-36,41,51H,3,9-10,15-23,25,49-50H2,1-2H3,(H,52,66)(H,53,59)(H,54,68)(H,55,67)(H,56,69)(H,57,70)(H,58,71)(H,60,61)(H,62,63)(H,64,65)(H,72,73)/t26-,31-,32-,33-,34-,35-,36-,41-/m0/s1. The second-order valence-electron chi connectivity index (χ2n) is 17.4. The lowest BCUT2D eigenvalue weighted by molar-refractivity contribution is -0.143. The molecule has 0 bridgehead atoms. The summed E-state index contributed by atoms with van der Waals surface area (Å²) in [5, 5.41) is 55.3. The Morgan fingerprint density at radius 2 is 1.10 bits per heavy atom. The van der Waals surface area contributed by atoms with Crippen molar-refractivity contribution in [3.05, 3.63) is 71.9 Å². The van der Waals surface area contributed by atoms with Gasteiger partial charge in [0.1, 0.15) is 36.3 Å². The number of carboxylic acids is 4. The molecular weight excluding hydrogens is 957 g/mol. The Morgan fingerprint density at radius 3 is 1.68 bits per heavy atom. The van der Waals surface area contributed by atoms with Crippen molar-refractivity contribution in [2.24, 2.45) is 17.4 Å². The molecule has 0 saturated heterocycles. The molecule has 0 saturated carbocycles. The van der Waals surface area contributed by atoms with Crippen LogP contribution in [0.2, 0.25) is 0 Å². The van der Waals surface area contributed by atoms with E-state index in [4.69, 9.17) is 16.6 Å². The zero-order valence-corrected chi connectivity index (χ0v) is 40.5. The molecule has 73 heavy (non-hydrogen) atoms. The molecule has 25 nitrogen and oxygen atoms in total. The van der Waals surface area contributed by atoms with Gasteiger partial charge in [0, 0.05) is 42.8 Å². The minimum atomic E-state index is -1.70. The van der Waals surface area contributed by atoms with E-state index in [0.29, 0.717) is 41.3 Å². The highest BCUT2D eigenvalue weighted by Crippen LogP contribution is 2.20. The third kappa shape index (κ3) is 20.4. The van der Waals surface area contributed by atoms with Gasteiger partial charge < -0.3 is 74.1 Å². The van der Waals surface area contributed by atoms with Crippen molar-refractivity contribution in [2.45, 2.75) is 127 Å². The highest BCUT2D eigenvalue weighted by molar-refractivity contribution is 5.98. The number of hydrogen-bond donors (Lipinski definition) is 14. The first-order valence-electron chi connectivity index (χ1n) is 23.6. The lowest BCUT2D eigenvalue weighted by Crippen LogP contribution is -2.60. The molecule has 2 aromatic carbocycles. The van der Waals surface area contributed by atoms with Crippen molar-refractivity contribution < 1.29 is 73.2 Å². The number of para-hydroxylation sites is 1. The molecule has 3 rings (SSSR count). The van der Waals surface area contributed by atoms with Gasteiger partial charge in [-0.05, 0) is 61.8 Å². The normalized spacial score (nSPS) is 14.3. The number of H-pyrrole nitrogens is 1. The van der Waals surface area contributed by atoms with E-state index in [1.807, 2.05) is 0 Å². The first-order valence-corrected chi connectivity index (χ1v) is 23.6. The summed E-state index contributed by atoms with van der Waals surface area (Å²) in [6, 6.07) is 4.80. The quantitative estimate of drug-likeness (QED) is 0.0318. The van der Waals surface area contributed by atoms with Crippen LogP contribution in [-0.4, -0.2) is 146 Å². The number of amides is 7. The molecule has 0 aliphatic heterocycles. The molecule has 3 aromatic rings. The highest BCUT2D eigenvalue weighted by atomic mass is 16.4. The Balaban J connectivity index is 1.92. The molecule has 0 unspecified atom stereocenters. The fraction of sp³-hybridized carbons (Fsp3) is 0.479. The molecule has 1 heterocycles. The van der Waals surface area contributed by atoms with Gasteiger partial charge in [-0.25, -0.2) is 4.79 Å². The summed E-state index contributed by atoms with van der Waals surface area (Å²) in [5.74, 6) is -12.8. The van der Waals surface area contributed by atoms with Gasteiger partial charge in [0.25, 0.3) is 0 Å². The van der Waals surface area contributed by atoms with Crippen LogP contribution in [0.25, 0.3) is 10.9 Å². The number of unbranched alkanes of at least 4 members (excludes halogenated alkanes) is 1. The smallest absolute Gasteiger partial charge is 0.326 e. The molecule has 0 aliphatic rings. The minimum absolute atomic E-state index is 0.0291. The second kappa shape index (κ2) is 30.1. The van der Waals surface area contributed by atoms with E-state index in [2.05, 4.69) is 42.2 Å². The fourth-order valence-corrected chi connectivity index (χ4v) is 7.40. The van der Waals surface area contributed by atoms with Crippen LogP contribution in [0.4, 0.5) is 0 Å². The Morgan fingerprint density at radius 1 is 0.575 bits per heavy atom. The van der Waals surface area contributed by atoms with Crippen LogP contribution in [0.1, 0.15) is 82.8 Å². The number of aromatic amines is 1. The molecular formula is C48H66N10O15. The van der Waals surface area contributed by atoms with E-state index >= 15 is 0 Å². The number of nitrogens with one attached hydrogen (secondary N) is 8. The first kappa shape index (κ1) is 59.4. The summed E-state index contributed by atoms with van der Waals surface area (Å²) >= 11 is 0. The summed E-state index contributed by atoms with van der Waals surface area (Å²) in [5.41, 5.74) is 13.3. The second-order valence-corrected chi connectivity index (χ2v) is 17.4. The van der Waals surface area contributed by atoms with Crippen LogP contribution in [0, 0.1) is 5.92 Å². The Labute approximate surface area is 419 Å². The lowest BCUT2D eigenvalue weighted by atomic mass is 9.98. The van der Waals surface area contributed by atoms with Crippen LogP contribution in [0.15, 0.2) is 60.8 Å². The molecule has 398 valence electrons. The third-order valence-corrected chi connectivity index (χ3v) is 11.8. The molecule has 0 spiro atoms. The van der Waals surface area contributed by atoms with Crippen LogP contribution >= 0.6 is 0 Å². The number of hydrogen-bond acceptors (Lipinski definition) is 13. The van der Waals surface area contributed by atoms with Crippen molar-refractivity contribution in [1.29, 1.82) is 0 Å². The summed E-state index contributed by atoms with van der Waals surface area (Å²) in [4.78, 5) is 145. The average molecular weight is 1020 g/mol. The van der Waals surface area contributed by atoms with E-state index in [9.17, 15) is 68.1 Å². The van der Waals surface area contributed by atoms with Gasteiger partial charge in [-0.15, -0.1) is 0 Å². The Hall–Kier alpha value is -7.93. The van der Waals surface area contributed by atoms with Crippen LogP contribution < -0.4 is 48.7 Å². The molecule has 0 fully saturated rings. The van der Waals surface area contributed by atoms with Gasteiger partial charge in [0.05, 0.1) is 19.0 Å². The summed E-state index contributed by atoms with van der Waals surface area (Å²) < 4.78 is 0. The van der Waals surface area contributed by atoms with E-state index in [1.165, 1.54) is 0 Å². The average Bonchev–Trinajstić information content (AvgIpc) is 3.76. The Kier molecular flexibility index (Phi) is 24.5. The van der Waals surface area contributed by atoms with E-state index in [-0.39, 0.29) is 31.7 Å². The van der Waals surface area contributed by atoms with Crippen LogP contribution in [0.5, 0.6) is 0 Å². The fourth-order valence-electron chi connectivity index (χ4n) is 7.40. The van der Waals surface area contributed by atoms with Crippen molar-refractivity contribution in [2.75, 3.05) is 13.1 Å². The van der Waals surface area contributed by atoms with Gasteiger partial charge in [0.15, 0.2) is 0 Å². The van der Waals surface area contributed by atoms with E-state index in [0.717, 1.165) is 0 Å². The van der Waals surface area contributed by atoms with Crippen molar-refractivity contribution in [1.82, 2.24) is 42.2 Å². The minimum Gasteiger partial charge on any atom is -0.481 e. The number of carboxylic acid groups (broad SMARTS) is 4. The molecule has 8 atom stereocenters. The lowest BCUT2D eigenvalue weighted by Gasteiger charge is -2.27. The molecule has 16 N–H and O–H groups in total. The number of fused-ring (bicyclic) bond motifs is 1. The van der Waals surface area contributed by atoms with Crippen molar-refractivity contribution in [3.8, 4) is 0 Å². The van der Waals surface area contributed by atoms with E-state index < -0.39 is 146 Å². The highest BCUT2D eigenvalue weighted by Gasteiger charge is 2.35.